The molecular formula is C21H22N2O3. The maximum Gasteiger partial charge on any atom is 0.307 e. The van der Waals surface area contributed by atoms with Crippen molar-refractivity contribution in [2.75, 3.05) is 13.7 Å². The molecule has 0 aliphatic rings. The number of aromatic nitrogens is 1. The van der Waals surface area contributed by atoms with Crippen LogP contribution in [-0.4, -0.2) is 30.1 Å². The predicted molar refractivity (Wildman–Crippen MR) is 101 cm³/mol. The van der Waals surface area contributed by atoms with Gasteiger partial charge in [-0.15, -0.1) is 0 Å². The van der Waals surface area contributed by atoms with Crippen molar-refractivity contribution in [1.29, 1.82) is 0 Å². The van der Waals surface area contributed by atoms with E-state index in [0.29, 0.717) is 6.42 Å². The van der Waals surface area contributed by atoms with Gasteiger partial charge >= 0.3 is 5.97 Å². The van der Waals surface area contributed by atoms with E-state index in [1.165, 1.54) is 7.11 Å². The molecule has 0 aliphatic carbocycles. The lowest BCUT2D eigenvalue weighted by atomic mass is 9.96. The Hall–Kier alpha value is -3.08. The van der Waals surface area contributed by atoms with Gasteiger partial charge in [-0.2, -0.15) is 0 Å². The molecule has 5 nitrogen and oxygen atoms in total. The van der Waals surface area contributed by atoms with Crippen LogP contribution in [0.1, 0.15) is 24.4 Å². The Morgan fingerprint density at radius 1 is 1.04 bits per heavy atom. The number of ether oxygens (including phenoxy) is 1. The second-order valence-corrected chi connectivity index (χ2v) is 6.09. The number of carbonyl (C=O) groups excluding carboxylic acids is 2. The zero-order valence-electron chi connectivity index (χ0n) is 14.7. The van der Waals surface area contributed by atoms with Crippen LogP contribution >= 0.6 is 0 Å². The highest BCUT2D eigenvalue weighted by Crippen LogP contribution is 2.29. The molecule has 5 heteroatoms. The lowest BCUT2D eigenvalue weighted by molar-refractivity contribution is -0.140. The van der Waals surface area contributed by atoms with E-state index in [1.807, 2.05) is 47.3 Å². The fraction of sp³-hybridized carbons (Fsp3) is 0.238. The van der Waals surface area contributed by atoms with Crippen LogP contribution in [0.3, 0.4) is 0 Å². The molecule has 1 heterocycles. The molecule has 2 aromatic carbocycles. The zero-order chi connectivity index (χ0) is 18.4. The van der Waals surface area contributed by atoms with E-state index >= 15 is 0 Å². The molecule has 26 heavy (non-hydrogen) atoms. The summed E-state index contributed by atoms with van der Waals surface area (Å²) >= 11 is 0. The van der Waals surface area contributed by atoms with Gasteiger partial charge in [-0.25, -0.2) is 0 Å². The molecule has 3 aromatic rings. The molecule has 1 amide bonds. The third-order valence-corrected chi connectivity index (χ3v) is 4.43. The lowest BCUT2D eigenvalue weighted by Crippen LogP contribution is -2.29. The predicted octanol–water partition coefficient (Wildman–Crippen LogP) is 3.30. The minimum Gasteiger partial charge on any atom is -0.469 e. The summed E-state index contributed by atoms with van der Waals surface area (Å²) in [5, 5.41) is 5.09. The highest BCUT2D eigenvalue weighted by Gasteiger charge is 2.19. The van der Waals surface area contributed by atoms with E-state index in [9.17, 15) is 9.59 Å². The van der Waals surface area contributed by atoms with E-state index in [2.05, 4.69) is 34.3 Å². The average Bonchev–Trinajstić information content (AvgIpc) is 3.20. The van der Waals surface area contributed by atoms with Gasteiger partial charge < -0.3 is 14.6 Å². The first-order valence-electron chi connectivity index (χ1n) is 8.62. The van der Waals surface area contributed by atoms with E-state index in [0.717, 1.165) is 16.3 Å². The van der Waals surface area contributed by atoms with Gasteiger partial charge in [0.2, 0.25) is 5.91 Å². The van der Waals surface area contributed by atoms with Crippen LogP contribution < -0.4 is 5.32 Å². The monoisotopic (exact) mass is 350 g/mol. The van der Waals surface area contributed by atoms with Crippen LogP contribution in [0.5, 0.6) is 0 Å². The number of carbonyl (C=O) groups is 2. The Kier molecular flexibility index (Phi) is 5.69. The maximum atomic E-state index is 12.5. The van der Waals surface area contributed by atoms with Gasteiger partial charge in [0.1, 0.15) is 0 Å². The fourth-order valence-electron chi connectivity index (χ4n) is 3.13. The summed E-state index contributed by atoms with van der Waals surface area (Å²) < 4.78 is 6.64. The number of nitrogens with zero attached hydrogens (tertiary/aromatic N) is 1. The number of hydrogen-bond acceptors (Lipinski definition) is 3. The minimum absolute atomic E-state index is 0.0967. The van der Waals surface area contributed by atoms with Crippen molar-refractivity contribution in [3.63, 3.8) is 0 Å². The SMILES string of the molecule is COC(=O)CCNC(=O)CC(c1cccc2ccccc12)n1cccc1. The van der Waals surface area contributed by atoms with Crippen molar-refractivity contribution >= 4 is 22.6 Å². The molecule has 0 bridgehead atoms. The first kappa shape index (κ1) is 17.7. The topological polar surface area (TPSA) is 60.3 Å². The zero-order valence-corrected chi connectivity index (χ0v) is 14.7. The van der Waals surface area contributed by atoms with Gasteiger partial charge in [0.05, 0.1) is 26.0 Å². The molecule has 1 atom stereocenters. The first-order chi connectivity index (χ1) is 12.7. The summed E-state index contributed by atoms with van der Waals surface area (Å²) in [6.07, 6.45) is 4.40. The van der Waals surface area contributed by atoms with Crippen LogP contribution in [0, 0.1) is 0 Å². The largest absolute Gasteiger partial charge is 0.469 e. The van der Waals surface area contributed by atoms with E-state index < -0.39 is 0 Å². The number of benzene rings is 2. The van der Waals surface area contributed by atoms with Crippen molar-refractivity contribution < 1.29 is 14.3 Å². The molecular weight excluding hydrogens is 328 g/mol. The van der Waals surface area contributed by atoms with Crippen molar-refractivity contribution in [2.45, 2.75) is 18.9 Å². The third kappa shape index (κ3) is 4.11. The van der Waals surface area contributed by atoms with E-state index in [4.69, 9.17) is 0 Å². The van der Waals surface area contributed by atoms with Crippen molar-refractivity contribution in [3.05, 3.63) is 72.6 Å². The van der Waals surface area contributed by atoms with Gasteiger partial charge in [0, 0.05) is 18.9 Å². The number of esters is 1. The van der Waals surface area contributed by atoms with Gasteiger partial charge in [-0.05, 0) is 28.5 Å². The summed E-state index contributed by atoms with van der Waals surface area (Å²) in [6, 6.07) is 18.1. The fourth-order valence-corrected chi connectivity index (χ4v) is 3.13. The maximum absolute atomic E-state index is 12.5. The van der Waals surface area contributed by atoms with Crippen LogP contribution in [0.25, 0.3) is 10.8 Å². The summed E-state index contributed by atoms with van der Waals surface area (Å²) in [4.78, 5) is 23.6. The molecule has 0 saturated heterocycles. The van der Waals surface area contributed by atoms with Crippen LogP contribution in [0.2, 0.25) is 0 Å². The highest BCUT2D eigenvalue weighted by atomic mass is 16.5. The molecule has 1 N–H and O–H groups in total. The second-order valence-electron chi connectivity index (χ2n) is 6.09. The summed E-state index contributed by atoms with van der Waals surface area (Å²) in [5.41, 5.74) is 1.10. The standard InChI is InChI=1S/C21H22N2O3/c1-26-21(25)11-12-22-20(24)15-19(23-13-4-5-14-23)18-10-6-8-16-7-2-3-9-17(16)18/h2-10,13-14,19H,11-12,15H2,1H3,(H,22,24). The molecule has 0 radical (unpaired) electrons. The van der Waals surface area contributed by atoms with Crippen LogP contribution in [0.15, 0.2) is 67.0 Å². The Labute approximate surface area is 152 Å². The Morgan fingerprint density at radius 3 is 2.54 bits per heavy atom. The van der Waals surface area contributed by atoms with E-state index in [-0.39, 0.29) is 30.9 Å². The smallest absolute Gasteiger partial charge is 0.307 e. The first-order valence-corrected chi connectivity index (χ1v) is 8.62. The number of nitrogens with one attached hydrogen (secondary N) is 1. The van der Waals surface area contributed by atoms with Crippen LogP contribution in [0.4, 0.5) is 0 Å². The molecule has 1 unspecified atom stereocenters. The quantitative estimate of drug-likeness (QED) is 0.665. The minimum atomic E-state index is -0.332. The van der Waals surface area contributed by atoms with Gasteiger partial charge in [-0.3, -0.25) is 9.59 Å². The Balaban J connectivity index is 1.82. The summed E-state index contributed by atoms with van der Waals surface area (Å²) in [5.74, 6) is -0.429. The molecule has 134 valence electrons. The number of hydrogen-bond donors (Lipinski definition) is 1. The number of amides is 1. The van der Waals surface area contributed by atoms with Crippen molar-refractivity contribution in [2.24, 2.45) is 0 Å². The molecule has 0 saturated carbocycles. The van der Waals surface area contributed by atoms with Crippen molar-refractivity contribution in [1.82, 2.24) is 9.88 Å². The van der Waals surface area contributed by atoms with Gasteiger partial charge in [-0.1, -0.05) is 42.5 Å². The average molecular weight is 350 g/mol. The third-order valence-electron chi connectivity index (χ3n) is 4.43. The van der Waals surface area contributed by atoms with Gasteiger partial charge in [0.15, 0.2) is 0 Å². The van der Waals surface area contributed by atoms with E-state index in [1.54, 1.807) is 0 Å². The lowest BCUT2D eigenvalue weighted by Gasteiger charge is -2.21. The Bertz CT molecular complexity index is 882. The molecule has 0 aliphatic heterocycles. The normalized spacial score (nSPS) is 11.9. The second kappa shape index (κ2) is 8.34. The molecule has 0 fully saturated rings. The molecule has 3 rings (SSSR count). The summed E-state index contributed by atoms with van der Waals surface area (Å²) in [7, 11) is 1.34. The molecule has 1 aromatic heterocycles. The van der Waals surface area contributed by atoms with Crippen LogP contribution in [-0.2, 0) is 14.3 Å². The van der Waals surface area contributed by atoms with Crippen molar-refractivity contribution in [3.8, 4) is 0 Å². The number of methoxy groups -OCH3 is 1. The van der Waals surface area contributed by atoms with Gasteiger partial charge in [0.25, 0.3) is 0 Å². The number of rotatable bonds is 7. The Morgan fingerprint density at radius 2 is 1.77 bits per heavy atom. The highest BCUT2D eigenvalue weighted by molar-refractivity contribution is 5.87. The summed E-state index contributed by atoms with van der Waals surface area (Å²) in [6.45, 7) is 0.277. The molecule has 0 spiro atoms. The number of fused-ring (bicyclic) bond motifs is 1.